The molecular formula is C27H24N8O. The molecule has 3 aromatic carbocycles. The van der Waals surface area contributed by atoms with Gasteiger partial charge in [0.15, 0.2) is 0 Å². The highest BCUT2D eigenvalue weighted by Crippen LogP contribution is 2.27. The van der Waals surface area contributed by atoms with Gasteiger partial charge in [-0.3, -0.25) is 9.78 Å². The zero-order valence-corrected chi connectivity index (χ0v) is 19.5. The van der Waals surface area contributed by atoms with E-state index in [0.29, 0.717) is 22.8 Å². The SMILES string of the molecule is Cc1cc(Nc2ccc(C(=O)Nc3ccc(Nc4ccnc5ccc(N)cc45)cc3)cc2)nc(N)n1. The number of amides is 1. The number of pyridine rings is 1. The van der Waals surface area contributed by atoms with Crippen molar-refractivity contribution in [3.05, 3.63) is 96.3 Å². The first-order chi connectivity index (χ1) is 17.4. The van der Waals surface area contributed by atoms with Crippen molar-refractivity contribution in [2.75, 3.05) is 27.4 Å². The number of nitrogens with one attached hydrogen (secondary N) is 3. The molecule has 0 saturated heterocycles. The van der Waals surface area contributed by atoms with Crippen LogP contribution in [0.2, 0.25) is 0 Å². The molecule has 0 unspecified atom stereocenters. The molecule has 0 spiro atoms. The third-order valence-electron chi connectivity index (χ3n) is 5.48. The minimum Gasteiger partial charge on any atom is -0.399 e. The van der Waals surface area contributed by atoms with Crippen molar-refractivity contribution in [1.29, 1.82) is 0 Å². The van der Waals surface area contributed by atoms with Crippen molar-refractivity contribution in [1.82, 2.24) is 15.0 Å². The summed E-state index contributed by atoms with van der Waals surface area (Å²) >= 11 is 0. The minimum atomic E-state index is -0.208. The number of anilines is 7. The largest absolute Gasteiger partial charge is 0.399 e. The van der Waals surface area contributed by atoms with Crippen LogP contribution in [0.25, 0.3) is 10.9 Å². The monoisotopic (exact) mass is 476 g/mol. The molecule has 0 aliphatic heterocycles. The topological polar surface area (TPSA) is 144 Å². The predicted octanol–water partition coefficient (Wildman–Crippen LogP) is 5.24. The average Bonchev–Trinajstić information content (AvgIpc) is 2.85. The smallest absolute Gasteiger partial charge is 0.255 e. The van der Waals surface area contributed by atoms with Crippen molar-refractivity contribution in [3.8, 4) is 0 Å². The van der Waals surface area contributed by atoms with E-state index in [1.54, 1.807) is 36.5 Å². The molecule has 0 atom stereocenters. The van der Waals surface area contributed by atoms with Gasteiger partial charge in [-0.2, -0.15) is 4.98 Å². The van der Waals surface area contributed by atoms with Crippen molar-refractivity contribution >= 4 is 57.0 Å². The van der Waals surface area contributed by atoms with Crippen LogP contribution in [-0.2, 0) is 0 Å². The van der Waals surface area contributed by atoms with E-state index in [9.17, 15) is 4.79 Å². The number of nitrogens with two attached hydrogens (primary N) is 2. The van der Waals surface area contributed by atoms with Crippen molar-refractivity contribution in [3.63, 3.8) is 0 Å². The summed E-state index contributed by atoms with van der Waals surface area (Å²) in [7, 11) is 0. The van der Waals surface area contributed by atoms with Gasteiger partial charge in [0.1, 0.15) is 5.82 Å². The van der Waals surface area contributed by atoms with Gasteiger partial charge in [0.2, 0.25) is 5.95 Å². The molecule has 9 nitrogen and oxygen atoms in total. The standard InChI is InChI=1S/C27H24N8O/c1-16-14-25(35-27(29)31-16)33-20-5-2-17(3-6-20)26(36)34-21-9-7-19(8-10-21)32-24-12-13-30-23-11-4-18(28)15-22(23)24/h2-15H,28H2,1H3,(H,30,32)(H,34,36)(H3,29,31,33,35). The Bertz CT molecular complexity index is 1530. The quantitative estimate of drug-likeness (QED) is 0.209. The van der Waals surface area contributed by atoms with Gasteiger partial charge in [0.25, 0.3) is 5.91 Å². The highest BCUT2D eigenvalue weighted by atomic mass is 16.1. The fourth-order valence-electron chi connectivity index (χ4n) is 3.78. The number of carbonyl (C=O) groups is 1. The first kappa shape index (κ1) is 22.6. The molecule has 0 fully saturated rings. The molecule has 0 saturated carbocycles. The van der Waals surface area contributed by atoms with Gasteiger partial charge < -0.3 is 27.4 Å². The second-order valence-corrected chi connectivity index (χ2v) is 8.25. The summed E-state index contributed by atoms with van der Waals surface area (Å²) in [6.45, 7) is 1.84. The lowest BCUT2D eigenvalue weighted by Crippen LogP contribution is -2.11. The molecule has 7 N–H and O–H groups in total. The maximum absolute atomic E-state index is 12.7. The predicted molar refractivity (Wildman–Crippen MR) is 145 cm³/mol. The van der Waals surface area contributed by atoms with Crippen LogP contribution in [0.1, 0.15) is 16.1 Å². The second-order valence-electron chi connectivity index (χ2n) is 8.25. The molecule has 0 aliphatic rings. The van der Waals surface area contributed by atoms with E-state index in [2.05, 4.69) is 30.9 Å². The summed E-state index contributed by atoms with van der Waals surface area (Å²) in [6.07, 6.45) is 1.75. The number of nitrogens with zero attached hydrogens (tertiary/aromatic N) is 3. The van der Waals surface area contributed by atoms with Crippen LogP contribution in [0.15, 0.2) is 85.1 Å². The first-order valence-corrected chi connectivity index (χ1v) is 11.2. The Morgan fingerprint density at radius 1 is 0.778 bits per heavy atom. The summed E-state index contributed by atoms with van der Waals surface area (Å²) in [5.74, 6) is 0.586. The van der Waals surface area contributed by atoms with Gasteiger partial charge in [0, 0.05) is 57.3 Å². The average molecular weight is 477 g/mol. The van der Waals surface area contributed by atoms with Crippen LogP contribution in [0.5, 0.6) is 0 Å². The summed E-state index contributed by atoms with van der Waals surface area (Å²) in [6, 6.07) is 23.9. The lowest BCUT2D eigenvalue weighted by atomic mass is 10.1. The van der Waals surface area contributed by atoms with E-state index in [0.717, 1.165) is 33.7 Å². The van der Waals surface area contributed by atoms with Gasteiger partial charge >= 0.3 is 0 Å². The number of aryl methyl sites for hydroxylation is 1. The Morgan fingerprint density at radius 2 is 1.47 bits per heavy atom. The van der Waals surface area contributed by atoms with Gasteiger partial charge in [-0.15, -0.1) is 0 Å². The summed E-state index contributed by atoms with van der Waals surface area (Å²) in [5, 5.41) is 10.4. The first-order valence-electron chi connectivity index (χ1n) is 11.2. The van der Waals surface area contributed by atoms with Gasteiger partial charge in [-0.1, -0.05) is 0 Å². The number of hydrogen-bond donors (Lipinski definition) is 5. The normalized spacial score (nSPS) is 10.7. The maximum Gasteiger partial charge on any atom is 0.255 e. The van der Waals surface area contributed by atoms with Crippen LogP contribution < -0.4 is 27.4 Å². The number of fused-ring (bicyclic) bond motifs is 1. The molecular weight excluding hydrogens is 452 g/mol. The Morgan fingerprint density at radius 3 is 2.22 bits per heavy atom. The second kappa shape index (κ2) is 9.59. The van der Waals surface area contributed by atoms with Crippen molar-refractivity contribution < 1.29 is 4.79 Å². The molecule has 9 heteroatoms. The van der Waals surface area contributed by atoms with E-state index >= 15 is 0 Å². The van der Waals surface area contributed by atoms with Crippen LogP contribution in [0.3, 0.4) is 0 Å². The molecule has 0 radical (unpaired) electrons. The summed E-state index contributed by atoms with van der Waals surface area (Å²) in [4.78, 5) is 25.3. The highest BCUT2D eigenvalue weighted by molar-refractivity contribution is 6.04. The lowest BCUT2D eigenvalue weighted by Gasteiger charge is -2.11. The van der Waals surface area contributed by atoms with Crippen LogP contribution in [-0.4, -0.2) is 20.9 Å². The molecule has 2 aromatic heterocycles. The molecule has 0 aliphatic carbocycles. The van der Waals surface area contributed by atoms with Crippen LogP contribution in [0.4, 0.5) is 40.2 Å². The number of rotatable bonds is 6. The van der Waals surface area contributed by atoms with Crippen molar-refractivity contribution in [2.45, 2.75) is 6.92 Å². The fourth-order valence-corrected chi connectivity index (χ4v) is 3.78. The van der Waals surface area contributed by atoms with Gasteiger partial charge in [-0.05, 0) is 79.7 Å². The Balaban J connectivity index is 1.23. The molecule has 36 heavy (non-hydrogen) atoms. The Labute approximate surface area is 207 Å². The summed E-state index contributed by atoms with van der Waals surface area (Å²) < 4.78 is 0. The maximum atomic E-state index is 12.7. The molecule has 1 amide bonds. The molecule has 5 aromatic rings. The zero-order valence-electron chi connectivity index (χ0n) is 19.5. The Hall–Kier alpha value is -5.18. The summed E-state index contributed by atoms with van der Waals surface area (Å²) in [5.41, 5.74) is 17.7. The fraction of sp³-hybridized carbons (Fsp3) is 0.0370. The van der Waals surface area contributed by atoms with E-state index in [4.69, 9.17) is 11.5 Å². The van der Waals surface area contributed by atoms with Gasteiger partial charge in [-0.25, -0.2) is 4.98 Å². The number of carbonyl (C=O) groups excluding carboxylic acids is 1. The number of aromatic nitrogens is 3. The molecule has 178 valence electrons. The highest BCUT2D eigenvalue weighted by Gasteiger charge is 2.08. The number of hydrogen-bond acceptors (Lipinski definition) is 8. The third kappa shape index (κ3) is 5.15. The van der Waals surface area contributed by atoms with E-state index < -0.39 is 0 Å². The molecule has 0 bridgehead atoms. The lowest BCUT2D eigenvalue weighted by molar-refractivity contribution is 0.102. The third-order valence-corrected chi connectivity index (χ3v) is 5.48. The minimum absolute atomic E-state index is 0.202. The van der Waals surface area contributed by atoms with Gasteiger partial charge in [0.05, 0.1) is 5.52 Å². The Kier molecular flexibility index (Phi) is 6.02. The number of benzene rings is 3. The van der Waals surface area contributed by atoms with E-state index in [-0.39, 0.29) is 11.9 Å². The molecule has 5 rings (SSSR count). The van der Waals surface area contributed by atoms with E-state index in [1.165, 1.54) is 0 Å². The van der Waals surface area contributed by atoms with E-state index in [1.807, 2.05) is 55.5 Å². The van der Waals surface area contributed by atoms with Crippen LogP contribution in [0, 0.1) is 6.92 Å². The zero-order chi connectivity index (χ0) is 25.1. The van der Waals surface area contributed by atoms with Crippen LogP contribution >= 0.6 is 0 Å². The number of nitrogen functional groups attached to an aromatic ring is 2. The van der Waals surface area contributed by atoms with Crippen molar-refractivity contribution in [2.24, 2.45) is 0 Å². The molecule has 2 heterocycles.